The Morgan fingerprint density at radius 1 is 1.07 bits per heavy atom. The molecule has 2 aliphatic rings. The van der Waals surface area contributed by atoms with E-state index in [1.807, 2.05) is 30.5 Å². The Morgan fingerprint density at radius 3 is 2.80 bits per heavy atom. The molecule has 1 saturated heterocycles. The van der Waals surface area contributed by atoms with Crippen LogP contribution in [0.5, 0.6) is 0 Å². The van der Waals surface area contributed by atoms with Gasteiger partial charge in [-0.05, 0) is 79.1 Å². The van der Waals surface area contributed by atoms with Crippen LogP contribution in [0.3, 0.4) is 0 Å². The van der Waals surface area contributed by atoms with E-state index >= 15 is 0 Å². The van der Waals surface area contributed by atoms with E-state index in [2.05, 4.69) is 46.9 Å². The van der Waals surface area contributed by atoms with Crippen LogP contribution in [0.25, 0.3) is 0 Å². The maximum atomic E-state index is 13.2. The maximum Gasteiger partial charge on any atom is 0.229 e. The maximum absolute atomic E-state index is 13.2. The number of anilines is 6. The highest BCUT2D eigenvalue weighted by atomic mass is 35.5. The van der Waals surface area contributed by atoms with Gasteiger partial charge in [-0.15, -0.1) is 0 Å². The van der Waals surface area contributed by atoms with Crippen molar-refractivity contribution in [1.82, 2.24) is 19.9 Å². The number of hydrogen-bond acceptors (Lipinski definition) is 9. The van der Waals surface area contributed by atoms with Gasteiger partial charge in [0.05, 0.1) is 23.6 Å². The summed E-state index contributed by atoms with van der Waals surface area (Å²) in [5.41, 5.74) is 5.02. The Bertz CT molecular complexity index is 1630. The largest absolute Gasteiger partial charge is 0.356 e. The third kappa shape index (κ3) is 6.21. The molecule has 1 aromatic carbocycles. The number of nitrogens with one attached hydrogen (secondary N) is 3. The van der Waals surface area contributed by atoms with Crippen LogP contribution in [-0.2, 0) is 17.6 Å². The average molecular weight is 566 g/mol. The number of pyridine rings is 2. The van der Waals surface area contributed by atoms with Crippen molar-refractivity contribution in [3.05, 3.63) is 82.9 Å². The van der Waals surface area contributed by atoms with Gasteiger partial charge in [0.2, 0.25) is 11.9 Å². The number of halogens is 1. The molecule has 2 aliphatic heterocycles. The number of benzene rings is 1. The van der Waals surface area contributed by atoms with E-state index in [1.165, 1.54) is 0 Å². The van der Waals surface area contributed by atoms with Gasteiger partial charge in [-0.1, -0.05) is 11.6 Å². The summed E-state index contributed by atoms with van der Waals surface area (Å²) >= 11 is 6.38. The van der Waals surface area contributed by atoms with Crippen LogP contribution >= 0.6 is 11.6 Å². The molecule has 0 spiro atoms. The molecule has 41 heavy (non-hydrogen) atoms. The van der Waals surface area contributed by atoms with Crippen molar-refractivity contribution in [2.24, 2.45) is 5.92 Å². The summed E-state index contributed by atoms with van der Waals surface area (Å²) < 4.78 is 0. The van der Waals surface area contributed by atoms with Crippen LogP contribution < -0.4 is 20.9 Å². The van der Waals surface area contributed by atoms with Crippen molar-refractivity contribution in [3.8, 4) is 6.07 Å². The molecule has 0 radical (unpaired) electrons. The first-order valence-corrected chi connectivity index (χ1v) is 14.0. The zero-order valence-electron chi connectivity index (χ0n) is 22.3. The van der Waals surface area contributed by atoms with Crippen LogP contribution in [0.2, 0.25) is 5.02 Å². The number of aromatic nitrogens is 4. The van der Waals surface area contributed by atoms with Gasteiger partial charge in [0, 0.05) is 43.3 Å². The van der Waals surface area contributed by atoms with Gasteiger partial charge >= 0.3 is 0 Å². The Labute approximate surface area is 242 Å². The van der Waals surface area contributed by atoms with Gasteiger partial charge in [-0.2, -0.15) is 10.2 Å². The first kappa shape index (κ1) is 26.5. The van der Waals surface area contributed by atoms with E-state index in [0.29, 0.717) is 35.2 Å². The van der Waals surface area contributed by atoms with Gasteiger partial charge in [0.1, 0.15) is 16.9 Å². The molecule has 0 unspecified atom stereocenters. The molecule has 6 bridgehead atoms. The first-order valence-electron chi connectivity index (χ1n) is 13.6. The molecular formula is C30H28ClN9O. The number of carbonyl (C=O) groups is 1. The number of nitrogens with zero attached hydrogens (tertiary/aromatic N) is 6. The highest BCUT2D eigenvalue weighted by Crippen LogP contribution is 2.30. The number of nitriles is 1. The number of amides is 1. The molecule has 1 amide bonds. The van der Waals surface area contributed by atoms with Crippen molar-refractivity contribution in [3.63, 3.8) is 0 Å². The third-order valence-electron chi connectivity index (χ3n) is 7.42. The lowest BCUT2D eigenvalue weighted by atomic mass is 9.93. The molecule has 10 nitrogen and oxygen atoms in total. The second-order valence-electron chi connectivity index (χ2n) is 10.3. The van der Waals surface area contributed by atoms with Crippen molar-refractivity contribution in [1.29, 1.82) is 5.26 Å². The molecule has 3 N–H and O–H groups in total. The molecule has 0 atom stereocenters. The Morgan fingerprint density at radius 2 is 1.95 bits per heavy atom. The molecule has 1 fully saturated rings. The van der Waals surface area contributed by atoms with Gasteiger partial charge in [-0.3, -0.25) is 9.78 Å². The summed E-state index contributed by atoms with van der Waals surface area (Å²) in [5.74, 6) is 1.88. The molecule has 206 valence electrons. The Balaban J connectivity index is 1.16. The number of piperidine rings is 1. The smallest absolute Gasteiger partial charge is 0.229 e. The minimum atomic E-state index is -0.00442. The molecule has 0 aliphatic carbocycles. The van der Waals surface area contributed by atoms with Crippen LogP contribution in [0, 0.1) is 17.2 Å². The van der Waals surface area contributed by atoms with Gasteiger partial charge in [0.25, 0.3) is 0 Å². The second kappa shape index (κ2) is 11.8. The zero-order valence-corrected chi connectivity index (χ0v) is 23.0. The minimum absolute atomic E-state index is 0.00442. The fourth-order valence-corrected chi connectivity index (χ4v) is 5.44. The summed E-state index contributed by atoms with van der Waals surface area (Å²) in [6, 6.07) is 13.7. The van der Waals surface area contributed by atoms with Gasteiger partial charge < -0.3 is 20.9 Å². The van der Waals surface area contributed by atoms with Crippen molar-refractivity contribution >= 4 is 52.2 Å². The SMILES string of the molecule is N#Cc1cccnc1N1CCC(CC(=O)Nc2ccc3cc2CCc2cncc(c2)Nc2ncc(Cl)c(n2)N3)CC1. The monoisotopic (exact) mass is 565 g/mol. The fraction of sp³-hybridized carbons (Fsp3) is 0.267. The van der Waals surface area contributed by atoms with E-state index in [4.69, 9.17) is 11.6 Å². The summed E-state index contributed by atoms with van der Waals surface area (Å²) in [7, 11) is 0. The minimum Gasteiger partial charge on any atom is -0.356 e. The molecule has 6 rings (SSSR count). The molecule has 3 aromatic heterocycles. The number of rotatable bonds is 4. The first-order chi connectivity index (χ1) is 20.0. The summed E-state index contributed by atoms with van der Waals surface area (Å²) in [6.45, 7) is 1.54. The number of aryl methyl sites for hydroxylation is 2. The molecule has 5 heterocycles. The quantitative estimate of drug-likeness (QED) is 0.288. The summed E-state index contributed by atoms with van der Waals surface area (Å²) in [5, 5.41) is 19.5. The predicted molar refractivity (Wildman–Crippen MR) is 159 cm³/mol. The van der Waals surface area contributed by atoms with E-state index in [-0.39, 0.29) is 11.8 Å². The highest BCUT2D eigenvalue weighted by Gasteiger charge is 2.24. The van der Waals surface area contributed by atoms with Crippen LogP contribution in [0.1, 0.15) is 36.0 Å². The number of hydrogen-bond donors (Lipinski definition) is 3. The molecule has 4 aromatic rings. The van der Waals surface area contributed by atoms with Crippen LogP contribution in [0.4, 0.5) is 34.6 Å². The van der Waals surface area contributed by atoms with Crippen LogP contribution in [-0.4, -0.2) is 38.9 Å². The Hall–Kier alpha value is -4.75. The Kier molecular flexibility index (Phi) is 7.60. The van der Waals surface area contributed by atoms with E-state index in [9.17, 15) is 10.1 Å². The topological polar surface area (TPSA) is 132 Å². The standard InChI is InChI=1S/C30H28ClN9O/c31-25-18-35-30-37-24-12-20(16-33-17-24)3-4-21-14-23(36-28(25)39-30)5-6-26(21)38-27(41)13-19-7-10-40(11-8-19)29-22(15-32)2-1-9-34-29/h1-2,5-6,9,12,14,16-19H,3-4,7-8,10-11,13H2,(H,38,41)(H2,35,36,37,39). The fourth-order valence-electron chi connectivity index (χ4n) is 5.30. The van der Waals surface area contributed by atoms with Gasteiger partial charge in [-0.25, -0.2) is 9.97 Å². The highest BCUT2D eigenvalue weighted by molar-refractivity contribution is 6.32. The third-order valence-corrected chi connectivity index (χ3v) is 7.69. The van der Waals surface area contributed by atoms with E-state index < -0.39 is 0 Å². The lowest BCUT2D eigenvalue weighted by Crippen LogP contribution is -2.35. The lowest BCUT2D eigenvalue weighted by molar-refractivity contribution is -0.117. The number of carbonyl (C=O) groups excluding carboxylic acids is 1. The van der Waals surface area contributed by atoms with Crippen molar-refractivity contribution < 1.29 is 4.79 Å². The van der Waals surface area contributed by atoms with E-state index in [1.54, 1.807) is 30.7 Å². The second-order valence-corrected chi connectivity index (χ2v) is 10.7. The summed E-state index contributed by atoms with van der Waals surface area (Å²) in [6.07, 6.45) is 10.5. The predicted octanol–water partition coefficient (Wildman–Crippen LogP) is 5.62. The molecule has 11 heteroatoms. The average Bonchev–Trinajstić information content (AvgIpc) is 2.99. The molecular weight excluding hydrogens is 538 g/mol. The number of fused-ring (bicyclic) bond motifs is 6. The van der Waals surface area contributed by atoms with Crippen molar-refractivity contribution in [2.45, 2.75) is 32.1 Å². The molecule has 0 saturated carbocycles. The summed E-state index contributed by atoms with van der Waals surface area (Å²) in [4.78, 5) is 32.9. The zero-order chi connectivity index (χ0) is 28.2. The lowest BCUT2D eigenvalue weighted by Gasteiger charge is -2.33. The van der Waals surface area contributed by atoms with Crippen molar-refractivity contribution in [2.75, 3.05) is 33.9 Å². The van der Waals surface area contributed by atoms with Gasteiger partial charge in [0.15, 0.2) is 5.82 Å². The van der Waals surface area contributed by atoms with E-state index in [0.717, 1.165) is 66.4 Å². The normalized spacial score (nSPS) is 14.8. The van der Waals surface area contributed by atoms with Crippen LogP contribution in [0.15, 0.2) is 61.2 Å².